The van der Waals surface area contributed by atoms with E-state index in [1.165, 1.54) is 0 Å². The normalized spacial score (nSPS) is 10.8. The molecule has 3 rings (SSSR count). The van der Waals surface area contributed by atoms with Crippen LogP contribution in [0.2, 0.25) is 5.02 Å². The van der Waals surface area contributed by atoms with Crippen LogP contribution in [0.15, 0.2) is 35.0 Å². The van der Waals surface area contributed by atoms with Crippen LogP contribution in [-0.2, 0) is 0 Å². The minimum absolute atomic E-state index is 0.281. The van der Waals surface area contributed by atoms with Crippen LogP contribution in [0.5, 0.6) is 0 Å². The van der Waals surface area contributed by atoms with Gasteiger partial charge in [-0.05, 0) is 24.6 Å². The summed E-state index contributed by atoms with van der Waals surface area (Å²) in [6.07, 6.45) is 1.77. The van der Waals surface area contributed by atoms with Crippen molar-refractivity contribution in [2.75, 3.05) is 5.73 Å². The van der Waals surface area contributed by atoms with E-state index in [4.69, 9.17) is 21.9 Å². The maximum Gasteiger partial charge on any atom is 0.230 e. The van der Waals surface area contributed by atoms with Crippen LogP contribution in [-0.4, -0.2) is 10.1 Å². The molecule has 19 heavy (non-hydrogen) atoms. The minimum Gasteiger partial charge on any atom is -0.367 e. The highest BCUT2D eigenvalue weighted by Crippen LogP contribution is 2.38. The van der Waals surface area contributed by atoms with Gasteiger partial charge in [-0.3, -0.25) is 0 Å². The van der Waals surface area contributed by atoms with Crippen LogP contribution in [0.3, 0.4) is 0 Å². The van der Waals surface area contributed by atoms with E-state index in [0.717, 1.165) is 21.0 Å². The third kappa shape index (κ3) is 2.22. The molecular weight excluding hydrogens is 282 g/mol. The Morgan fingerprint density at radius 2 is 2.21 bits per heavy atom. The molecule has 0 radical (unpaired) electrons. The number of aryl methyl sites for hydroxylation is 1. The maximum absolute atomic E-state index is 6.01. The molecule has 2 heterocycles. The molecule has 96 valence electrons. The Bertz CT molecular complexity index is 735. The summed E-state index contributed by atoms with van der Waals surface area (Å²) in [5, 5.41) is 5.64. The zero-order valence-electron chi connectivity index (χ0n) is 10.1. The molecule has 0 saturated carbocycles. The molecule has 0 aliphatic rings. The van der Waals surface area contributed by atoms with Gasteiger partial charge in [-0.25, -0.2) is 4.98 Å². The molecule has 0 amide bonds. The summed E-state index contributed by atoms with van der Waals surface area (Å²) < 4.78 is 5.12. The summed E-state index contributed by atoms with van der Waals surface area (Å²) in [4.78, 5) is 5.15. The summed E-state index contributed by atoms with van der Waals surface area (Å²) in [7, 11) is 0. The fourth-order valence-electron chi connectivity index (χ4n) is 1.86. The minimum atomic E-state index is 0.281. The van der Waals surface area contributed by atoms with Crippen molar-refractivity contribution in [2.24, 2.45) is 0 Å². The molecule has 0 unspecified atom stereocenters. The molecule has 6 heteroatoms. The van der Waals surface area contributed by atoms with Crippen LogP contribution in [0, 0.1) is 6.92 Å². The van der Waals surface area contributed by atoms with E-state index in [9.17, 15) is 0 Å². The van der Waals surface area contributed by atoms with Gasteiger partial charge >= 0.3 is 0 Å². The highest BCUT2D eigenvalue weighted by molar-refractivity contribution is 7.15. The molecule has 0 aliphatic carbocycles. The number of nitrogens with two attached hydrogens (primary N) is 1. The van der Waals surface area contributed by atoms with Gasteiger partial charge in [0.1, 0.15) is 5.69 Å². The number of rotatable bonds is 2. The van der Waals surface area contributed by atoms with Crippen molar-refractivity contribution in [1.29, 1.82) is 0 Å². The van der Waals surface area contributed by atoms with E-state index in [-0.39, 0.29) is 5.88 Å². The number of nitrogens with zero attached hydrogens (tertiary/aromatic N) is 2. The van der Waals surface area contributed by atoms with Crippen molar-refractivity contribution in [2.45, 2.75) is 6.92 Å². The van der Waals surface area contributed by atoms with Gasteiger partial charge in [-0.15, -0.1) is 11.3 Å². The molecular formula is C13H10ClN3OS. The van der Waals surface area contributed by atoms with Gasteiger partial charge in [-0.1, -0.05) is 28.9 Å². The maximum atomic E-state index is 6.01. The fraction of sp³-hybridized carbons (Fsp3) is 0.0769. The van der Waals surface area contributed by atoms with Gasteiger partial charge < -0.3 is 10.3 Å². The molecule has 2 N–H and O–H groups in total. The zero-order chi connectivity index (χ0) is 13.4. The third-order valence-electron chi connectivity index (χ3n) is 2.69. The SMILES string of the molecule is Cc1ncc(-c2noc(N)c2-c2cccc(Cl)c2)s1. The second-order valence-corrected chi connectivity index (χ2v) is 5.70. The second-order valence-electron chi connectivity index (χ2n) is 4.02. The summed E-state index contributed by atoms with van der Waals surface area (Å²) in [6, 6.07) is 7.44. The molecule has 0 bridgehead atoms. The lowest BCUT2D eigenvalue weighted by Gasteiger charge is -2.01. The Hall–Kier alpha value is -1.85. The summed E-state index contributed by atoms with van der Waals surface area (Å²) in [5.41, 5.74) is 8.22. The highest BCUT2D eigenvalue weighted by atomic mass is 35.5. The lowest BCUT2D eigenvalue weighted by molar-refractivity contribution is 0.439. The van der Waals surface area contributed by atoms with E-state index < -0.39 is 0 Å². The van der Waals surface area contributed by atoms with Gasteiger partial charge in [0.05, 0.1) is 15.4 Å². The van der Waals surface area contributed by atoms with Crippen molar-refractivity contribution in [3.8, 4) is 21.7 Å². The number of halogens is 1. The van der Waals surface area contributed by atoms with E-state index >= 15 is 0 Å². The van der Waals surface area contributed by atoms with E-state index in [1.807, 2.05) is 31.2 Å². The van der Waals surface area contributed by atoms with E-state index in [1.54, 1.807) is 17.5 Å². The first-order valence-electron chi connectivity index (χ1n) is 5.59. The predicted molar refractivity (Wildman–Crippen MR) is 77.2 cm³/mol. The fourth-order valence-corrected chi connectivity index (χ4v) is 2.82. The van der Waals surface area contributed by atoms with Crippen molar-refractivity contribution in [1.82, 2.24) is 10.1 Å². The van der Waals surface area contributed by atoms with Crippen molar-refractivity contribution in [3.05, 3.63) is 40.5 Å². The first-order valence-corrected chi connectivity index (χ1v) is 6.78. The largest absolute Gasteiger partial charge is 0.367 e. The van der Waals surface area contributed by atoms with Crippen LogP contribution >= 0.6 is 22.9 Å². The Balaban J connectivity index is 2.19. The van der Waals surface area contributed by atoms with E-state index in [0.29, 0.717) is 10.7 Å². The zero-order valence-corrected chi connectivity index (χ0v) is 11.6. The molecule has 0 saturated heterocycles. The number of anilines is 1. The number of nitrogen functional groups attached to an aromatic ring is 1. The van der Waals surface area contributed by atoms with Crippen LogP contribution in [0.1, 0.15) is 5.01 Å². The van der Waals surface area contributed by atoms with Gasteiger partial charge in [0.2, 0.25) is 5.88 Å². The van der Waals surface area contributed by atoms with Crippen molar-refractivity contribution in [3.63, 3.8) is 0 Å². The quantitative estimate of drug-likeness (QED) is 0.775. The average molecular weight is 292 g/mol. The Morgan fingerprint density at radius 3 is 2.89 bits per heavy atom. The van der Waals surface area contributed by atoms with Crippen LogP contribution < -0.4 is 5.73 Å². The molecule has 4 nitrogen and oxygen atoms in total. The Labute approximate surface area is 118 Å². The molecule has 0 aliphatic heterocycles. The number of hydrogen-bond acceptors (Lipinski definition) is 5. The predicted octanol–water partition coefficient (Wildman–Crippen LogP) is 4.01. The molecule has 2 aromatic heterocycles. The Morgan fingerprint density at radius 1 is 1.37 bits per heavy atom. The van der Waals surface area contributed by atoms with Gasteiger partial charge in [0.15, 0.2) is 0 Å². The Kier molecular flexibility index (Phi) is 3.00. The molecule has 0 spiro atoms. The molecule has 0 atom stereocenters. The number of aromatic nitrogens is 2. The highest BCUT2D eigenvalue weighted by Gasteiger charge is 2.19. The third-order valence-corrected chi connectivity index (χ3v) is 3.84. The van der Waals surface area contributed by atoms with Gasteiger partial charge in [0, 0.05) is 11.2 Å². The monoisotopic (exact) mass is 291 g/mol. The molecule has 1 aromatic carbocycles. The topological polar surface area (TPSA) is 64.9 Å². The smallest absolute Gasteiger partial charge is 0.230 e. The standard InChI is InChI=1S/C13H10ClN3OS/c1-7-16-6-10(19-7)12-11(13(15)18-17-12)8-3-2-4-9(14)5-8/h2-6H,15H2,1H3. The molecule has 3 aromatic rings. The number of benzene rings is 1. The molecule has 0 fully saturated rings. The summed E-state index contributed by atoms with van der Waals surface area (Å²) in [6.45, 7) is 1.94. The van der Waals surface area contributed by atoms with Gasteiger partial charge in [0.25, 0.3) is 0 Å². The first-order chi connectivity index (χ1) is 9.15. The summed E-state index contributed by atoms with van der Waals surface area (Å²) >= 11 is 7.56. The number of thiazole rings is 1. The summed E-state index contributed by atoms with van der Waals surface area (Å²) in [5.74, 6) is 0.281. The first kappa shape index (κ1) is 12.2. The van der Waals surface area contributed by atoms with E-state index in [2.05, 4.69) is 10.1 Å². The lowest BCUT2D eigenvalue weighted by atomic mass is 10.1. The van der Waals surface area contributed by atoms with Crippen LogP contribution in [0.25, 0.3) is 21.7 Å². The lowest BCUT2D eigenvalue weighted by Crippen LogP contribution is -1.86. The average Bonchev–Trinajstić information content (AvgIpc) is 2.95. The second kappa shape index (κ2) is 4.68. The number of hydrogen-bond donors (Lipinski definition) is 1. The van der Waals surface area contributed by atoms with Gasteiger partial charge in [-0.2, -0.15) is 0 Å². The van der Waals surface area contributed by atoms with Crippen LogP contribution in [0.4, 0.5) is 5.88 Å². The van der Waals surface area contributed by atoms with Crippen molar-refractivity contribution < 1.29 is 4.52 Å². The van der Waals surface area contributed by atoms with Crippen molar-refractivity contribution >= 4 is 28.8 Å².